The fourth-order valence-electron chi connectivity index (χ4n) is 0.958. The van der Waals surface area contributed by atoms with Gasteiger partial charge in [0, 0.05) is 6.54 Å². The molecule has 1 N–H and O–H groups in total. The van der Waals surface area contributed by atoms with E-state index in [1.807, 2.05) is 13.0 Å². The van der Waals surface area contributed by atoms with Gasteiger partial charge in [0.1, 0.15) is 0 Å². The summed E-state index contributed by atoms with van der Waals surface area (Å²) < 4.78 is 4.99. The highest BCUT2D eigenvalue weighted by molar-refractivity contribution is 6.32. The van der Waals surface area contributed by atoms with E-state index in [0.29, 0.717) is 10.8 Å². The molecule has 0 aliphatic rings. The van der Waals surface area contributed by atoms with Crippen molar-refractivity contribution in [2.45, 2.75) is 13.5 Å². The van der Waals surface area contributed by atoms with Gasteiger partial charge in [-0.05, 0) is 12.6 Å². The smallest absolute Gasteiger partial charge is 0.155 e. The summed E-state index contributed by atoms with van der Waals surface area (Å²) >= 11 is 5.92. The molecule has 0 aromatic carbocycles. The Morgan fingerprint density at radius 2 is 2.38 bits per heavy atom. The zero-order valence-corrected chi connectivity index (χ0v) is 8.56. The second kappa shape index (κ2) is 5.04. The summed E-state index contributed by atoms with van der Waals surface area (Å²) in [6.07, 6.45) is 1.63. The monoisotopic (exact) mass is 200 g/mol. The Bertz CT molecular complexity index is 278. The molecule has 0 aliphatic carbocycles. The van der Waals surface area contributed by atoms with Crippen molar-refractivity contribution < 1.29 is 4.74 Å². The minimum Gasteiger partial charge on any atom is -0.494 e. The Morgan fingerprint density at radius 3 is 2.92 bits per heavy atom. The van der Waals surface area contributed by atoms with E-state index in [1.165, 1.54) is 0 Å². The molecule has 3 nitrogen and oxygen atoms in total. The summed E-state index contributed by atoms with van der Waals surface area (Å²) in [6.45, 7) is 3.71. The molecule has 1 aromatic heterocycles. The Morgan fingerprint density at radius 1 is 1.62 bits per heavy atom. The van der Waals surface area contributed by atoms with Crippen molar-refractivity contribution in [3.63, 3.8) is 0 Å². The Hall–Kier alpha value is -0.800. The van der Waals surface area contributed by atoms with Gasteiger partial charge in [-0.1, -0.05) is 18.5 Å². The van der Waals surface area contributed by atoms with Crippen molar-refractivity contribution in [1.29, 1.82) is 0 Å². The first-order valence-electron chi connectivity index (χ1n) is 4.17. The number of aromatic nitrogens is 1. The number of rotatable bonds is 4. The molecule has 1 rings (SSSR count). The van der Waals surface area contributed by atoms with Gasteiger partial charge >= 0.3 is 0 Å². The van der Waals surface area contributed by atoms with Crippen molar-refractivity contribution in [1.82, 2.24) is 10.3 Å². The third-order valence-electron chi connectivity index (χ3n) is 1.65. The van der Waals surface area contributed by atoms with Gasteiger partial charge in [-0.15, -0.1) is 0 Å². The molecule has 4 heteroatoms. The molecule has 0 saturated carbocycles. The lowest BCUT2D eigenvalue weighted by molar-refractivity contribution is 0.412. The van der Waals surface area contributed by atoms with Gasteiger partial charge in [0.15, 0.2) is 5.75 Å². The average molecular weight is 201 g/mol. The topological polar surface area (TPSA) is 34.1 Å². The molecule has 0 fully saturated rings. The largest absolute Gasteiger partial charge is 0.494 e. The van der Waals surface area contributed by atoms with Crippen molar-refractivity contribution in [2.75, 3.05) is 13.7 Å². The second-order valence-electron chi connectivity index (χ2n) is 2.59. The van der Waals surface area contributed by atoms with E-state index >= 15 is 0 Å². The van der Waals surface area contributed by atoms with Crippen molar-refractivity contribution >= 4 is 11.6 Å². The first kappa shape index (κ1) is 10.3. The molecule has 0 spiro atoms. The molecule has 72 valence electrons. The molecule has 0 aliphatic heterocycles. The van der Waals surface area contributed by atoms with Crippen LogP contribution in [0.15, 0.2) is 12.3 Å². The second-order valence-corrected chi connectivity index (χ2v) is 3.00. The van der Waals surface area contributed by atoms with Crippen LogP contribution in [0.5, 0.6) is 5.75 Å². The van der Waals surface area contributed by atoms with Crippen molar-refractivity contribution in [3.05, 3.63) is 23.0 Å². The molecule has 0 bridgehead atoms. The molecule has 1 aromatic rings. The Labute approximate surface area is 83.1 Å². The standard InChI is InChI=1S/C9H13ClN2O/c1-3-11-5-7-4-8(10)9(13-2)6-12-7/h4,6,11H,3,5H2,1-2H3. The lowest BCUT2D eigenvalue weighted by Crippen LogP contribution is -2.12. The molecule has 0 atom stereocenters. The maximum absolute atomic E-state index is 5.92. The number of methoxy groups -OCH3 is 1. The lowest BCUT2D eigenvalue weighted by Gasteiger charge is -2.05. The third-order valence-corrected chi connectivity index (χ3v) is 1.95. The molecule has 0 unspecified atom stereocenters. The van der Waals surface area contributed by atoms with Crippen LogP contribution < -0.4 is 10.1 Å². The highest BCUT2D eigenvalue weighted by Gasteiger charge is 2.01. The highest BCUT2D eigenvalue weighted by Crippen LogP contribution is 2.22. The van der Waals surface area contributed by atoms with Crippen molar-refractivity contribution in [3.8, 4) is 5.75 Å². The van der Waals surface area contributed by atoms with Crippen molar-refractivity contribution in [2.24, 2.45) is 0 Å². The van der Waals surface area contributed by atoms with Crippen LogP contribution >= 0.6 is 11.6 Å². The minimum atomic E-state index is 0.602. The summed E-state index contributed by atoms with van der Waals surface area (Å²) in [5.41, 5.74) is 0.924. The van der Waals surface area contributed by atoms with Crippen LogP contribution in [0.4, 0.5) is 0 Å². The van der Waals surface area contributed by atoms with Crippen LogP contribution in [0.25, 0.3) is 0 Å². The summed E-state index contributed by atoms with van der Waals surface area (Å²) in [5, 5.41) is 3.77. The summed E-state index contributed by atoms with van der Waals surface area (Å²) in [6, 6.07) is 1.81. The Kier molecular flexibility index (Phi) is 3.99. The van der Waals surface area contributed by atoms with Gasteiger partial charge in [-0.3, -0.25) is 4.98 Å². The van der Waals surface area contributed by atoms with E-state index < -0.39 is 0 Å². The highest BCUT2D eigenvalue weighted by atomic mass is 35.5. The molecular weight excluding hydrogens is 188 g/mol. The minimum absolute atomic E-state index is 0.602. The van der Waals surface area contributed by atoms with E-state index in [1.54, 1.807) is 13.3 Å². The predicted octanol–water partition coefficient (Wildman–Crippen LogP) is 1.85. The molecule has 0 amide bonds. The van der Waals surface area contributed by atoms with Crippen LogP contribution in [0.1, 0.15) is 12.6 Å². The summed E-state index contributed by atoms with van der Waals surface area (Å²) in [7, 11) is 1.58. The number of hydrogen-bond donors (Lipinski definition) is 1. The number of pyridine rings is 1. The number of halogens is 1. The Balaban J connectivity index is 2.71. The summed E-state index contributed by atoms with van der Waals surface area (Å²) in [5.74, 6) is 0.613. The quantitative estimate of drug-likeness (QED) is 0.806. The van der Waals surface area contributed by atoms with E-state index in [-0.39, 0.29) is 0 Å². The van der Waals surface area contributed by atoms with Crippen LogP contribution in [-0.2, 0) is 6.54 Å². The number of nitrogens with one attached hydrogen (secondary N) is 1. The zero-order chi connectivity index (χ0) is 9.68. The fraction of sp³-hybridized carbons (Fsp3) is 0.444. The first-order valence-corrected chi connectivity index (χ1v) is 4.54. The number of ether oxygens (including phenoxy) is 1. The molecule has 0 radical (unpaired) electrons. The molecule has 1 heterocycles. The van der Waals surface area contributed by atoms with E-state index in [9.17, 15) is 0 Å². The van der Waals surface area contributed by atoms with E-state index in [2.05, 4.69) is 10.3 Å². The summed E-state index contributed by atoms with van der Waals surface area (Å²) in [4.78, 5) is 4.18. The zero-order valence-electron chi connectivity index (χ0n) is 7.80. The average Bonchev–Trinajstić information content (AvgIpc) is 2.15. The van der Waals surface area contributed by atoms with E-state index in [4.69, 9.17) is 16.3 Å². The fourth-order valence-corrected chi connectivity index (χ4v) is 1.21. The maximum atomic E-state index is 5.92. The van der Waals surface area contributed by atoms with Gasteiger partial charge < -0.3 is 10.1 Å². The normalized spacial score (nSPS) is 10.1. The van der Waals surface area contributed by atoms with Gasteiger partial charge in [-0.2, -0.15) is 0 Å². The van der Waals surface area contributed by atoms with Gasteiger partial charge in [0.2, 0.25) is 0 Å². The molecular formula is C9H13ClN2O. The lowest BCUT2D eigenvalue weighted by atomic mass is 10.3. The SMILES string of the molecule is CCNCc1cc(Cl)c(OC)cn1. The predicted molar refractivity (Wildman–Crippen MR) is 53.2 cm³/mol. The van der Waals surface area contributed by atoms with E-state index in [0.717, 1.165) is 18.8 Å². The van der Waals surface area contributed by atoms with Gasteiger partial charge in [-0.25, -0.2) is 0 Å². The maximum Gasteiger partial charge on any atom is 0.155 e. The third kappa shape index (κ3) is 2.86. The number of nitrogens with zero attached hydrogens (tertiary/aromatic N) is 1. The van der Waals surface area contributed by atoms with Gasteiger partial charge in [0.25, 0.3) is 0 Å². The first-order chi connectivity index (χ1) is 6.27. The van der Waals surface area contributed by atoms with Crippen LogP contribution in [0.3, 0.4) is 0 Å². The molecule has 0 saturated heterocycles. The molecule has 13 heavy (non-hydrogen) atoms. The van der Waals surface area contributed by atoms with Gasteiger partial charge in [0.05, 0.1) is 24.0 Å². The van der Waals surface area contributed by atoms with Crippen LogP contribution in [0.2, 0.25) is 5.02 Å². The number of hydrogen-bond acceptors (Lipinski definition) is 3. The van der Waals surface area contributed by atoms with Crippen LogP contribution in [0, 0.1) is 0 Å². The van der Waals surface area contributed by atoms with Crippen LogP contribution in [-0.4, -0.2) is 18.6 Å².